The second-order valence-electron chi connectivity index (χ2n) is 7.69. The van der Waals surface area contributed by atoms with E-state index in [9.17, 15) is 13.6 Å². The number of hydrogen-bond donors (Lipinski definition) is 2. The summed E-state index contributed by atoms with van der Waals surface area (Å²) in [7, 11) is 0. The number of carbonyl (C=O) groups is 1. The van der Waals surface area contributed by atoms with Crippen molar-refractivity contribution >= 4 is 38.9 Å². The molecule has 0 amide bonds. The van der Waals surface area contributed by atoms with Crippen molar-refractivity contribution in [2.24, 2.45) is 0 Å². The lowest BCUT2D eigenvalue weighted by atomic mass is 9.87. The SMILES string of the molecule is N#Cc1ccc(Oc2ncc(N(C3CCCc4c(OCC(=O)O)cccc43)S(=O)O)cc2Br)cc1. The molecule has 3 aromatic rings. The largest absolute Gasteiger partial charge is 0.482 e. The standard InChI is InChI=1S/C24H20BrN3O6S/c25-20-11-16(13-27-24(20)34-17-9-7-15(12-26)8-10-17)28(35(31)32)21-5-1-4-19-18(21)3-2-6-22(19)33-14-23(29)30/h2-3,6-11,13,21H,1,4-5,14H2,(H,29,30)(H,31,32). The van der Waals surface area contributed by atoms with E-state index in [-0.39, 0.29) is 5.88 Å². The lowest BCUT2D eigenvalue weighted by Gasteiger charge is -2.35. The number of ether oxygens (including phenoxy) is 2. The molecule has 0 aliphatic heterocycles. The van der Waals surface area contributed by atoms with Crippen LogP contribution in [0.25, 0.3) is 0 Å². The molecule has 2 N–H and O–H groups in total. The molecule has 0 saturated heterocycles. The minimum Gasteiger partial charge on any atom is -0.482 e. The Morgan fingerprint density at radius 3 is 2.71 bits per heavy atom. The van der Waals surface area contributed by atoms with Gasteiger partial charge in [-0.05, 0) is 82.7 Å². The first-order chi connectivity index (χ1) is 16.9. The first-order valence-corrected chi connectivity index (χ1v) is 12.4. The zero-order valence-corrected chi connectivity index (χ0v) is 20.7. The highest BCUT2D eigenvalue weighted by Gasteiger charge is 2.32. The number of hydrogen-bond acceptors (Lipinski definition) is 6. The molecule has 0 saturated carbocycles. The minimum absolute atomic E-state index is 0.260. The van der Waals surface area contributed by atoms with Crippen molar-refractivity contribution in [1.82, 2.24) is 4.98 Å². The molecule has 0 radical (unpaired) electrons. The van der Waals surface area contributed by atoms with Gasteiger partial charge < -0.3 is 14.6 Å². The van der Waals surface area contributed by atoms with Crippen molar-refractivity contribution in [3.63, 3.8) is 0 Å². The number of rotatable bonds is 8. The molecular weight excluding hydrogens is 538 g/mol. The molecule has 0 spiro atoms. The highest BCUT2D eigenvalue weighted by Crippen LogP contribution is 2.42. The van der Waals surface area contributed by atoms with Crippen LogP contribution in [0.5, 0.6) is 17.4 Å². The fraction of sp³-hybridized carbons (Fsp3) is 0.208. The average Bonchev–Trinajstić information content (AvgIpc) is 2.85. The number of carboxylic acid groups (broad SMARTS) is 1. The Balaban J connectivity index is 1.63. The average molecular weight is 558 g/mol. The van der Waals surface area contributed by atoms with E-state index < -0.39 is 29.9 Å². The maximum Gasteiger partial charge on any atom is 0.341 e. The fourth-order valence-electron chi connectivity index (χ4n) is 4.01. The molecule has 1 heterocycles. The van der Waals surface area contributed by atoms with Gasteiger partial charge in [-0.3, -0.25) is 8.86 Å². The summed E-state index contributed by atoms with van der Waals surface area (Å²) in [4.78, 5) is 15.3. The molecule has 2 aromatic carbocycles. The summed E-state index contributed by atoms with van der Waals surface area (Å²) < 4.78 is 35.8. The molecule has 180 valence electrons. The molecule has 9 nitrogen and oxygen atoms in total. The summed E-state index contributed by atoms with van der Waals surface area (Å²) in [5, 5.41) is 17.9. The predicted molar refractivity (Wildman–Crippen MR) is 132 cm³/mol. The number of fused-ring (bicyclic) bond motifs is 1. The van der Waals surface area contributed by atoms with Crippen molar-refractivity contribution in [3.8, 4) is 23.4 Å². The van der Waals surface area contributed by atoms with E-state index in [4.69, 9.17) is 19.8 Å². The summed E-state index contributed by atoms with van der Waals surface area (Å²) in [6, 6.07) is 15.1. The third kappa shape index (κ3) is 5.62. The molecule has 0 fully saturated rings. The number of pyridine rings is 1. The van der Waals surface area contributed by atoms with Crippen LogP contribution in [-0.4, -0.2) is 31.4 Å². The van der Waals surface area contributed by atoms with E-state index in [1.807, 2.05) is 12.1 Å². The van der Waals surface area contributed by atoms with Crippen molar-refractivity contribution in [3.05, 3.63) is 75.9 Å². The first kappa shape index (κ1) is 24.7. The molecule has 2 unspecified atom stereocenters. The smallest absolute Gasteiger partial charge is 0.341 e. The summed E-state index contributed by atoms with van der Waals surface area (Å²) in [5.74, 6) is 0.134. The number of nitrogens with zero attached hydrogens (tertiary/aromatic N) is 3. The zero-order chi connectivity index (χ0) is 24.9. The van der Waals surface area contributed by atoms with E-state index in [0.717, 1.165) is 17.5 Å². The number of anilines is 1. The molecular formula is C24H20BrN3O6S. The number of aromatic nitrogens is 1. The van der Waals surface area contributed by atoms with Crippen molar-refractivity contribution in [1.29, 1.82) is 5.26 Å². The number of aliphatic carboxylic acids is 1. The van der Waals surface area contributed by atoms with Crippen molar-refractivity contribution in [2.45, 2.75) is 25.3 Å². The topological polar surface area (TPSA) is 133 Å². The highest BCUT2D eigenvalue weighted by atomic mass is 79.9. The van der Waals surface area contributed by atoms with E-state index in [1.165, 1.54) is 10.5 Å². The van der Waals surface area contributed by atoms with Crippen LogP contribution in [0.3, 0.4) is 0 Å². The second kappa shape index (κ2) is 10.9. The fourth-order valence-corrected chi connectivity index (χ4v) is 5.14. The lowest BCUT2D eigenvalue weighted by molar-refractivity contribution is -0.139. The molecule has 11 heteroatoms. The Morgan fingerprint density at radius 1 is 1.29 bits per heavy atom. The van der Waals surface area contributed by atoms with Crippen LogP contribution >= 0.6 is 15.9 Å². The van der Waals surface area contributed by atoms with E-state index >= 15 is 0 Å². The van der Waals surface area contributed by atoms with E-state index in [0.29, 0.717) is 40.1 Å². The van der Waals surface area contributed by atoms with Crippen LogP contribution in [0.1, 0.15) is 35.6 Å². The Hall–Kier alpha value is -3.46. The van der Waals surface area contributed by atoms with Crippen LogP contribution in [-0.2, 0) is 22.5 Å². The maximum atomic E-state index is 12.5. The number of halogens is 1. The van der Waals surface area contributed by atoms with E-state index in [1.54, 1.807) is 42.5 Å². The second-order valence-corrected chi connectivity index (χ2v) is 9.40. The third-order valence-corrected chi connectivity index (χ3v) is 6.85. The van der Waals surface area contributed by atoms with Crippen LogP contribution < -0.4 is 13.8 Å². The van der Waals surface area contributed by atoms with Crippen molar-refractivity contribution in [2.75, 3.05) is 10.9 Å². The lowest BCUT2D eigenvalue weighted by Crippen LogP contribution is -2.33. The summed E-state index contributed by atoms with van der Waals surface area (Å²) >= 11 is 1.06. The van der Waals surface area contributed by atoms with Gasteiger partial charge in [-0.2, -0.15) is 5.26 Å². The van der Waals surface area contributed by atoms with Crippen molar-refractivity contribution < 1.29 is 28.1 Å². The molecule has 4 rings (SSSR count). The van der Waals surface area contributed by atoms with E-state index in [2.05, 4.69) is 20.9 Å². The van der Waals surface area contributed by atoms with Gasteiger partial charge in [0.25, 0.3) is 11.3 Å². The Labute approximate surface area is 212 Å². The number of carboxylic acids is 1. The number of nitriles is 1. The highest BCUT2D eigenvalue weighted by molar-refractivity contribution is 9.10. The van der Waals surface area contributed by atoms with Gasteiger partial charge in [0.2, 0.25) is 5.88 Å². The molecule has 1 aromatic heterocycles. The van der Waals surface area contributed by atoms with Gasteiger partial charge in [-0.1, -0.05) is 12.1 Å². The van der Waals surface area contributed by atoms with Gasteiger partial charge in [0, 0.05) is 0 Å². The quantitative estimate of drug-likeness (QED) is 0.370. The van der Waals surface area contributed by atoms with Crippen LogP contribution in [0.2, 0.25) is 0 Å². The van der Waals surface area contributed by atoms with Gasteiger partial charge in [-0.25, -0.2) is 14.0 Å². The Bertz CT molecular complexity index is 1310. The first-order valence-electron chi connectivity index (χ1n) is 10.6. The van der Waals surface area contributed by atoms with Gasteiger partial charge in [0.15, 0.2) is 6.61 Å². The molecule has 1 aliphatic rings. The predicted octanol–water partition coefficient (Wildman–Crippen LogP) is 4.99. The maximum absolute atomic E-state index is 12.5. The minimum atomic E-state index is -2.37. The number of benzene rings is 2. The molecule has 1 aliphatic carbocycles. The summed E-state index contributed by atoms with van der Waals surface area (Å²) in [6.07, 6.45) is 3.47. The van der Waals surface area contributed by atoms with Crippen LogP contribution in [0.4, 0.5) is 5.69 Å². The van der Waals surface area contributed by atoms with Crippen LogP contribution in [0.15, 0.2) is 59.2 Å². The Morgan fingerprint density at radius 2 is 2.06 bits per heavy atom. The molecule has 0 bridgehead atoms. The monoisotopic (exact) mass is 557 g/mol. The van der Waals surface area contributed by atoms with Gasteiger partial charge in [-0.15, -0.1) is 0 Å². The van der Waals surface area contributed by atoms with Gasteiger partial charge >= 0.3 is 5.97 Å². The molecule has 35 heavy (non-hydrogen) atoms. The van der Waals surface area contributed by atoms with Gasteiger partial charge in [0.05, 0.1) is 34.0 Å². The summed E-state index contributed by atoms with van der Waals surface area (Å²) in [6.45, 7) is -0.464. The normalized spacial score (nSPS) is 15.4. The van der Waals surface area contributed by atoms with Gasteiger partial charge in [0.1, 0.15) is 11.5 Å². The summed E-state index contributed by atoms with van der Waals surface area (Å²) in [5.41, 5.74) is 2.54. The zero-order valence-electron chi connectivity index (χ0n) is 18.3. The Kier molecular flexibility index (Phi) is 7.65. The van der Waals surface area contributed by atoms with Crippen LogP contribution in [0, 0.1) is 11.3 Å². The molecule has 2 atom stereocenters. The third-order valence-electron chi connectivity index (χ3n) is 5.48.